The van der Waals surface area contributed by atoms with Crippen LogP contribution in [-0.2, 0) is 6.18 Å². The predicted octanol–water partition coefficient (Wildman–Crippen LogP) is 4.60. The third-order valence-corrected chi connectivity index (χ3v) is 6.82. The number of rotatable bonds is 4. The van der Waals surface area contributed by atoms with E-state index < -0.39 is 29.0 Å². The van der Waals surface area contributed by atoms with Crippen molar-refractivity contribution in [1.29, 1.82) is 0 Å². The standard InChI is InChI=1S/C20H25F4N3OS/c1-11-12(2)29-19(26-11)25-10-13-3-6-15(7-4-13)27-18(28)16-9-14(20(22,23)24)5-8-17(16)21/h5,8-9,11-13,15H,3-4,6-7,10H2,1-2H3,(H,25,26)(H,27,28). The van der Waals surface area contributed by atoms with Gasteiger partial charge in [0.25, 0.3) is 5.91 Å². The summed E-state index contributed by atoms with van der Waals surface area (Å²) in [5.74, 6) is -1.34. The number of halogens is 4. The van der Waals surface area contributed by atoms with E-state index in [1.807, 2.05) is 0 Å². The second kappa shape index (κ2) is 8.93. The summed E-state index contributed by atoms with van der Waals surface area (Å²) in [5, 5.41) is 7.51. The van der Waals surface area contributed by atoms with Crippen LogP contribution in [0.5, 0.6) is 0 Å². The monoisotopic (exact) mass is 431 g/mol. The number of hydrogen-bond donors (Lipinski definition) is 2. The van der Waals surface area contributed by atoms with Crippen molar-refractivity contribution in [2.75, 3.05) is 6.54 Å². The number of amides is 1. The Hall–Kier alpha value is -1.77. The van der Waals surface area contributed by atoms with E-state index in [1.165, 1.54) is 0 Å². The Morgan fingerprint density at radius 2 is 1.93 bits per heavy atom. The molecule has 0 radical (unpaired) electrons. The lowest BCUT2D eigenvalue weighted by molar-refractivity contribution is -0.137. The zero-order valence-corrected chi connectivity index (χ0v) is 17.2. The quantitative estimate of drug-likeness (QED) is 0.685. The van der Waals surface area contributed by atoms with Gasteiger partial charge < -0.3 is 10.6 Å². The van der Waals surface area contributed by atoms with Crippen LogP contribution in [0.3, 0.4) is 0 Å². The first kappa shape index (κ1) is 21.9. The molecule has 160 valence electrons. The summed E-state index contributed by atoms with van der Waals surface area (Å²) in [6, 6.07) is 2.13. The van der Waals surface area contributed by atoms with Gasteiger partial charge in [0, 0.05) is 23.9 Å². The lowest BCUT2D eigenvalue weighted by atomic mass is 9.86. The van der Waals surface area contributed by atoms with Crippen molar-refractivity contribution < 1.29 is 22.4 Å². The number of amidine groups is 1. The first-order chi connectivity index (χ1) is 13.6. The van der Waals surface area contributed by atoms with Crippen molar-refractivity contribution in [3.05, 3.63) is 35.1 Å². The third kappa shape index (κ3) is 5.65. The van der Waals surface area contributed by atoms with Gasteiger partial charge in [-0.15, -0.1) is 0 Å². The molecule has 1 aliphatic carbocycles. The molecule has 0 aromatic heterocycles. The van der Waals surface area contributed by atoms with E-state index in [4.69, 9.17) is 0 Å². The second-order valence-corrected chi connectivity index (χ2v) is 9.15. The predicted molar refractivity (Wildman–Crippen MR) is 107 cm³/mol. The molecular weight excluding hydrogens is 406 g/mol. The van der Waals surface area contributed by atoms with Crippen molar-refractivity contribution >= 4 is 22.8 Å². The number of carbonyl (C=O) groups excluding carboxylic acids is 1. The SMILES string of the molecule is CC1NC(=NCC2CCC(NC(=O)c3cc(C(F)(F)F)ccc3F)CC2)SC1C. The third-order valence-electron chi connectivity index (χ3n) is 5.57. The number of carbonyl (C=O) groups is 1. The number of thioether (sulfide) groups is 1. The molecule has 1 saturated heterocycles. The van der Waals surface area contributed by atoms with Crippen LogP contribution >= 0.6 is 11.8 Å². The molecule has 9 heteroatoms. The van der Waals surface area contributed by atoms with Gasteiger partial charge in [-0.2, -0.15) is 13.2 Å². The highest BCUT2D eigenvalue weighted by atomic mass is 32.2. The normalized spacial score (nSPS) is 29.0. The Morgan fingerprint density at radius 1 is 1.24 bits per heavy atom. The molecule has 1 amide bonds. The van der Waals surface area contributed by atoms with Crippen LogP contribution in [0.2, 0.25) is 0 Å². The van der Waals surface area contributed by atoms with Gasteiger partial charge >= 0.3 is 6.18 Å². The molecule has 4 nitrogen and oxygen atoms in total. The molecule has 1 aliphatic heterocycles. The van der Waals surface area contributed by atoms with Gasteiger partial charge in [0.15, 0.2) is 5.17 Å². The van der Waals surface area contributed by atoms with Gasteiger partial charge in [0.1, 0.15) is 5.82 Å². The van der Waals surface area contributed by atoms with Gasteiger partial charge in [0.05, 0.1) is 11.1 Å². The molecule has 1 aromatic carbocycles. The molecule has 2 N–H and O–H groups in total. The Kier molecular flexibility index (Phi) is 6.76. The molecule has 1 aromatic rings. The molecular formula is C20H25F4N3OS. The summed E-state index contributed by atoms with van der Waals surface area (Å²) in [6.45, 7) is 5.00. The largest absolute Gasteiger partial charge is 0.416 e. The van der Waals surface area contributed by atoms with E-state index in [1.54, 1.807) is 11.8 Å². The van der Waals surface area contributed by atoms with Crippen LogP contribution in [0.4, 0.5) is 17.6 Å². The van der Waals surface area contributed by atoms with Crippen molar-refractivity contribution in [3.63, 3.8) is 0 Å². The molecule has 2 atom stereocenters. The lowest BCUT2D eigenvalue weighted by Crippen LogP contribution is -2.38. The molecule has 1 saturated carbocycles. The summed E-state index contributed by atoms with van der Waals surface area (Å²) in [7, 11) is 0. The van der Waals surface area contributed by atoms with Gasteiger partial charge in [-0.3, -0.25) is 9.79 Å². The second-order valence-electron chi connectivity index (χ2n) is 7.79. The van der Waals surface area contributed by atoms with Crippen molar-refractivity contribution in [1.82, 2.24) is 10.6 Å². The summed E-state index contributed by atoms with van der Waals surface area (Å²) in [5.41, 5.74) is -1.60. The number of aliphatic imine (C=N–C) groups is 1. The highest BCUT2D eigenvalue weighted by Gasteiger charge is 2.32. The Morgan fingerprint density at radius 3 is 2.52 bits per heavy atom. The van der Waals surface area contributed by atoms with E-state index in [0.717, 1.165) is 24.6 Å². The van der Waals surface area contributed by atoms with E-state index >= 15 is 0 Å². The number of hydrogen-bond acceptors (Lipinski definition) is 3. The maximum Gasteiger partial charge on any atom is 0.416 e. The first-order valence-electron chi connectivity index (χ1n) is 9.78. The summed E-state index contributed by atoms with van der Waals surface area (Å²) in [6.07, 6.45) is -1.49. The minimum atomic E-state index is -4.62. The molecule has 0 bridgehead atoms. The fraction of sp³-hybridized carbons (Fsp3) is 0.600. The van der Waals surface area contributed by atoms with E-state index in [0.29, 0.717) is 48.3 Å². The summed E-state index contributed by atoms with van der Waals surface area (Å²) < 4.78 is 52.3. The van der Waals surface area contributed by atoms with Crippen LogP contribution in [0.25, 0.3) is 0 Å². The van der Waals surface area contributed by atoms with Crippen molar-refractivity contribution in [3.8, 4) is 0 Å². The molecule has 2 unspecified atom stereocenters. The molecule has 2 fully saturated rings. The Bertz CT molecular complexity index is 763. The Balaban J connectivity index is 1.51. The van der Waals surface area contributed by atoms with Crippen molar-refractivity contribution in [2.24, 2.45) is 10.9 Å². The average molecular weight is 431 g/mol. The maximum atomic E-state index is 13.9. The zero-order valence-electron chi connectivity index (χ0n) is 16.4. The van der Waals surface area contributed by atoms with Crippen LogP contribution in [0.1, 0.15) is 55.5 Å². The molecule has 0 spiro atoms. The molecule has 1 heterocycles. The van der Waals surface area contributed by atoms with E-state index in [9.17, 15) is 22.4 Å². The van der Waals surface area contributed by atoms with E-state index in [2.05, 4.69) is 29.5 Å². The fourth-order valence-electron chi connectivity index (χ4n) is 3.55. The smallest absolute Gasteiger partial charge is 0.361 e. The van der Waals surface area contributed by atoms with E-state index in [-0.39, 0.29) is 6.04 Å². The van der Waals surface area contributed by atoms with Crippen LogP contribution < -0.4 is 10.6 Å². The van der Waals surface area contributed by atoms with Gasteiger partial charge in [0.2, 0.25) is 0 Å². The summed E-state index contributed by atoms with van der Waals surface area (Å²) in [4.78, 5) is 17.0. The van der Waals surface area contributed by atoms with Crippen LogP contribution in [0.15, 0.2) is 23.2 Å². The van der Waals surface area contributed by atoms with Gasteiger partial charge in [-0.25, -0.2) is 4.39 Å². The summed E-state index contributed by atoms with van der Waals surface area (Å²) >= 11 is 1.74. The number of nitrogens with one attached hydrogen (secondary N) is 2. The van der Waals surface area contributed by atoms with Crippen LogP contribution in [-0.4, -0.2) is 35.0 Å². The van der Waals surface area contributed by atoms with Crippen molar-refractivity contribution in [2.45, 2.75) is 63.0 Å². The minimum Gasteiger partial charge on any atom is -0.361 e. The number of benzene rings is 1. The van der Waals surface area contributed by atoms with Crippen LogP contribution in [0, 0.1) is 11.7 Å². The minimum absolute atomic E-state index is 0.167. The lowest BCUT2D eigenvalue weighted by Gasteiger charge is -2.28. The van der Waals surface area contributed by atoms with Gasteiger partial charge in [-0.1, -0.05) is 18.7 Å². The average Bonchev–Trinajstić information content (AvgIpc) is 2.98. The molecule has 2 aliphatic rings. The molecule has 3 rings (SSSR count). The molecule has 29 heavy (non-hydrogen) atoms. The number of alkyl halides is 3. The first-order valence-corrected chi connectivity index (χ1v) is 10.7. The Labute approximate surface area is 171 Å². The zero-order chi connectivity index (χ0) is 21.2. The van der Waals surface area contributed by atoms with Gasteiger partial charge in [-0.05, 0) is 56.7 Å². The highest BCUT2D eigenvalue weighted by molar-refractivity contribution is 8.14. The topological polar surface area (TPSA) is 53.5 Å². The number of nitrogens with zero attached hydrogens (tertiary/aromatic N) is 1. The fourth-order valence-corrected chi connectivity index (χ4v) is 4.57. The highest BCUT2D eigenvalue weighted by Crippen LogP contribution is 2.31. The maximum absolute atomic E-state index is 13.9.